The third-order valence-corrected chi connectivity index (χ3v) is 5.96. The first-order chi connectivity index (χ1) is 17.2. The van der Waals surface area contributed by atoms with Crippen molar-refractivity contribution in [1.29, 1.82) is 0 Å². The molecule has 36 heavy (non-hydrogen) atoms. The molecular formula is C26H19Cl2N3O5. The number of carbonyl (C=O) groups is 4. The number of urea groups is 1. The van der Waals surface area contributed by atoms with Crippen molar-refractivity contribution in [2.45, 2.75) is 6.92 Å². The van der Waals surface area contributed by atoms with Crippen LogP contribution in [0.4, 0.5) is 16.2 Å². The summed E-state index contributed by atoms with van der Waals surface area (Å²) in [7, 11) is 0. The van der Waals surface area contributed by atoms with E-state index in [4.69, 9.17) is 27.9 Å². The smallest absolute Gasteiger partial charge is 0.335 e. The summed E-state index contributed by atoms with van der Waals surface area (Å²) in [6.07, 6.45) is 1.36. The highest BCUT2D eigenvalue weighted by atomic mass is 35.5. The van der Waals surface area contributed by atoms with Gasteiger partial charge in [0, 0.05) is 5.02 Å². The molecule has 0 radical (unpaired) electrons. The van der Waals surface area contributed by atoms with E-state index in [9.17, 15) is 19.2 Å². The van der Waals surface area contributed by atoms with Crippen molar-refractivity contribution in [3.8, 4) is 5.75 Å². The number of amides is 5. The van der Waals surface area contributed by atoms with Crippen LogP contribution in [-0.4, -0.2) is 30.4 Å². The normalized spacial score (nSPS) is 14.6. The maximum Gasteiger partial charge on any atom is 0.335 e. The third kappa shape index (κ3) is 5.56. The van der Waals surface area contributed by atoms with E-state index in [-0.39, 0.29) is 23.8 Å². The molecule has 0 aliphatic carbocycles. The van der Waals surface area contributed by atoms with Crippen molar-refractivity contribution < 1.29 is 23.9 Å². The average Bonchev–Trinajstić information content (AvgIpc) is 2.85. The molecule has 0 saturated carbocycles. The second-order valence-corrected chi connectivity index (χ2v) is 8.59. The number of carbonyl (C=O) groups excluding carboxylic acids is 4. The Kier molecular flexibility index (Phi) is 7.38. The van der Waals surface area contributed by atoms with Crippen LogP contribution in [0.5, 0.6) is 5.75 Å². The molecule has 10 heteroatoms. The molecule has 3 aromatic carbocycles. The van der Waals surface area contributed by atoms with Crippen LogP contribution >= 0.6 is 23.2 Å². The minimum absolute atomic E-state index is 0.223. The summed E-state index contributed by atoms with van der Waals surface area (Å²) in [4.78, 5) is 50.7. The van der Waals surface area contributed by atoms with E-state index < -0.39 is 17.8 Å². The van der Waals surface area contributed by atoms with Crippen LogP contribution in [-0.2, 0) is 14.4 Å². The van der Waals surface area contributed by atoms with Crippen LogP contribution in [0.3, 0.4) is 0 Å². The van der Waals surface area contributed by atoms with Crippen LogP contribution in [0.1, 0.15) is 11.1 Å². The second-order valence-electron chi connectivity index (χ2n) is 7.78. The molecule has 182 valence electrons. The fourth-order valence-electron chi connectivity index (χ4n) is 3.34. The molecule has 0 atom stereocenters. The van der Waals surface area contributed by atoms with Gasteiger partial charge < -0.3 is 10.1 Å². The van der Waals surface area contributed by atoms with Crippen molar-refractivity contribution >= 4 is 64.4 Å². The molecule has 0 spiro atoms. The number of rotatable bonds is 6. The summed E-state index contributed by atoms with van der Waals surface area (Å²) in [5, 5.41) is 5.62. The molecule has 1 aliphatic heterocycles. The standard InChI is InChI=1S/C26H19Cl2N3O5/c1-15-6-9-17(13-21(15)28)31-25(34)19(24(33)30-26(31)35)12-16-7-10-18(11-8-16)36-14-23(32)29-22-5-3-2-4-20(22)27/h2-13H,14H2,1H3,(H,29,32)(H,30,33,35)/b19-12+. The molecule has 5 amide bonds. The predicted octanol–water partition coefficient (Wildman–Crippen LogP) is 4.99. The zero-order valence-electron chi connectivity index (χ0n) is 18.9. The molecular weight excluding hydrogens is 505 g/mol. The lowest BCUT2D eigenvalue weighted by Crippen LogP contribution is -2.54. The van der Waals surface area contributed by atoms with Crippen LogP contribution in [0, 0.1) is 6.92 Å². The predicted molar refractivity (Wildman–Crippen MR) is 137 cm³/mol. The number of nitrogens with zero attached hydrogens (tertiary/aromatic N) is 1. The van der Waals surface area contributed by atoms with E-state index in [1.165, 1.54) is 12.1 Å². The highest BCUT2D eigenvalue weighted by Gasteiger charge is 2.36. The summed E-state index contributed by atoms with van der Waals surface area (Å²) in [5.41, 5.74) is 1.79. The van der Waals surface area contributed by atoms with Gasteiger partial charge in [-0.3, -0.25) is 19.7 Å². The number of halogens is 2. The number of aryl methyl sites for hydroxylation is 1. The monoisotopic (exact) mass is 523 g/mol. The quantitative estimate of drug-likeness (QED) is 0.350. The molecule has 0 bridgehead atoms. The first kappa shape index (κ1) is 25.0. The fourth-order valence-corrected chi connectivity index (χ4v) is 3.70. The largest absolute Gasteiger partial charge is 0.484 e. The second kappa shape index (κ2) is 10.6. The highest BCUT2D eigenvalue weighted by molar-refractivity contribution is 6.39. The number of para-hydroxylation sites is 1. The highest BCUT2D eigenvalue weighted by Crippen LogP contribution is 2.27. The van der Waals surface area contributed by atoms with E-state index in [2.05, 4.69) is 10.6 Å². The molecule has 3 aromatic rings. The Bertz CT molecular complexity index is 1400. The Balaban J connectivity index is 1.45. The van der Waals surface area contributed by atoms with Gasteiger partial charge in [-0.25, -0.2) is 9.69 Å². The summed E-state index contributed by atoms with van der Waals surface area (Å²) in [5.74, 6) is -1.58. The summed E-state index contributed by atoms with van der Waals surface area (Å²) in [6, 6.07) is 17.1. The number of nitrogens with one attached hydrogen (secondary N) is 2. The molecule has 1 aliphatic rings. The van der Waals surface area contributed by atoms with E-state index in [0.717, 1.165) is 10.5 Å². The Morgan fingerprint density at radius 3 is 2.42 bits per heavy atom. The minimum atomic E-state index is -0.860. The molecule has 1 saturated heterocycles. The number of hydrogen-bond acceptors (Lipinski definition) is 5. The molecule has 0 aromatic heterocycles. The van der Waals surface area contributed by atoms with Gasteiger partial charge in [0.2, 0.25) is 0 Å². The molecule has 1 heterocycles. The third-order valence-electron chi connectivity index (χ3n) is 5.22. The zero-order chi connectivity index (χ0) is 25.8. The molecule has 4 rings (SSSR count). The number of benzene rings is 3. The van der Waals surface area contributed by atoms with E-state index in [1.54, 1.807) is 67.6 Å². The van der Waals surface area contributed by atoms with Gasteiger partial charge in [0.15, 0.2) is 6.61 Å². The van der Waals surface area contributed by atoms with Gasteiger partial charge in [-0.15, -0.1) is 0 Å². The topological polar surface area (TPSA) is 105 Å². The zero-order valence-corrected chi connectivity index (χ0v) is 20.4. The maximum atomic E-state index is 13.0. The number of hydrogen-bond donors (Lipinski definition) is 2. The fraction of sp³-hybridized carbons (Fsp3) is 0.0769. The van der Waals surface area contributed by atoms with Crippen LogP contribution < -0.4 is 20.3 Å². The molecule has 8 nitrogen and oxygen atoms in total. The molecule has 1 fully saturated rings. The maximum absolute atomic E-state index is 13.0. The number of ether oxygens (including phenoxy) is 1. The van der Waals surface area contributed by atoms with Crippen molar-refractivity contribution in [1.82, 2.24) is 5.32 Å². The van der Waals surface area contributed by atoms with Gasteiger partial charge >= 0.3 is 6.03 Å². The van der Waals surface area contributed by atoms with Gasteiger partial charge in [0.1, 0.15) is 11.3 Å². The minimum Gasteiger partial charge on any atom is -0.484 e. The van der Waals surface area contributed by atoms with Crippen molar-refractivity contribution in [2.75, 3.05) is 16.8 Å². The van der Waals surface area contributed by atoms with E-state index in [0.29, 0.717) is 27.0 Å². The summed E-state index contributed by atoms with van der Waals surface area (Å²) in [6.45, 7) is 1.54. The van der Waals surface area contributed by atoms with Gasteiger partial charge in [0.05, 0.1) is 16.4 Å². The SMILES string of the molecule is Cc1ccc(N2C(=O)NC(=O)/C(=C\c3ccc(OCC(=O)Nc4ccccc4Cl)cc3)C2=O)cc1Cl. The molecule has 0 unspecified atom stereocenters. The number of barbiturate groups is 1. The van der Waals surface area contributed by atoms with Crippen LogP contribution in [0.15, 0.2) is 72.3 Å². The Labute approximate surface area is 216 Å². The number of anilines is 2. The van der Waals surface area contributed by atoms with Gasteiger partial charge in [0.25, 0.3) is 17.7 Å². The van der Waals surface area contributed by atoms with Gasteiger partial charge in [-0.05, 0) is 60.5 Å². The van der Waals surface area contributed by atoms with E-state index in [1.807, 2.05) is 0 Å². The Morgan fingerprint density at radius 1 is 1.00 bits per heavy atom. The lowest BCUT2D eigenvalue weighted by atomic mass is 10.1. The summed E-state index contributed by atoms with van der Waals surface area (Å²) >= 11 is 12.2. The van der Waals surface area contributed by atoms with Gasteiger partial charge in [-0.1, -0.05) is 53.5 Å². The van der Waals surface area contributed by atoms with Crippen molar-refractivity contribution in [3.63, 3.8) is 0 Å². The number of imide groups is 2. The van der Waals surface area contributed by atoms with Crippen LogP contribution in [0.25, 0.3) is 6.08 Å². The lowest BCUT2D eigenvalue weighted by Gasteiger charge is -2.26. The van der Waals surface area contributed by atoms with Crippen molar-refractivity contribution in [2.24, 2.45) is 0 Å². The Hall–Kier alpha value is -4.14. The first-order valence-electron chi connectivity index (χ1n) is 10.7. The molecule has 2 N–H and O–H groups in total. The first-order valence-corrected chi connectivity index (χ1v) is 11.4. The summed E-state index contributed by atoms with van der Waals surface area (Å²) < 4.78 is 5.49. The van der Waals surface area contributed by atoms with Crippen LogP contribution in [0.2, 0.25) is 10.0 Å². The van der Waals surface area contributed by atoms with E-state index >= 15 is 0 Å². The average molecular weight is 524 g/mol. The van der Waals surface area contributed by atoms with Gasteiger partial charge in [-0.2, -0.15) is 0 Å². The van der Waals surface area contributed by atoms with Crippen molar-refractivity contribution in [3.05, 3.63) is 93.5 Å². The Morgan fingerprint density at radius 2 is 1.72 bits per heavy atom. The lowest BCUT2D eigenvalue weighted by molar-refractivity contribution is -0.122.